The highest BCUT2D eigenvalue weighted by molar-refractivity contribution is 6.10. The van der Waals surface area contributed by atoms with Crippen molar-refractivity contribution in [3.8, 4) is 23.0 Å². The van der Waals surface area contributed by atoms with Crippen LogP contribution in [0.2, 0.25) is 0 Å². The highest BCUT2D eigenvalue weighted by Crippen LogP contribution is 2.39. The summed E-state index contributed by atoms with van der Waals surface area (Å²) in [4.78, 5) is 13.0. The number of benzene rings is 2. The largest absolute Gasteiger partial charge is 0.493 e. The van der Waals surface area contributed by atoms with Crippen LogP contribution in [0.25, 0.3) is 6.08 Å². The first-order valence-electron chi connectivity index (χ1n) is 8.62. The molecule has 0 atom stereocenters. The average molecular weight is 408 g/mol. The van der Waals surface area contributed by atoms with E-state index in [1.807, 2.05) is 0 Å². The van der Waals surface area contributed by atoms with E-state index in [1.165, 1.54) is 39.5 Å². The Labute approximate surface area is 167 Å². The van der Waals surface area contributed by atoms with E-state index in [0.29, 0.717) is 5.75 Å². The van der Waals surface area contributed by atoms with Crippen LogP contribution in [0.5, 0.6) is 23.0 Å². The molecule has 0 aromatic heterocycles. The lowest BCUT2D eigenvalue weighted by Gasteiger charge is -2.15. The Morgan fingerprint density at radius 1 is 0.862 bits per heavy atom. The number of Topliss-reactive ketones (excluding diaryl/α,β-unsaturated/α-hetero) is 1. The van der Waals surface area contributed by atoms with Gasteiger partial charge in [-0.3, -0.25) is 4.79 Å². The van der Waals surface area contributed by atoms with Gasteiger partial charge in [0.2, 0.25) is 11.5 Å². The smallest absolute Gasteiger partial charge is 0.227 e. The molecular formula is C21H22F2O6. The molecule has 0 aliphatic heterocycles. The van der Waals surface area contributed by atoms with E-state index in [0.717, 1.165) is 19.2 Å². The van der Waals surface area contributed by atoms with Gasteiger partial charge >= 0.3 is 0 Å². The van der Waals surface area contributed by atoms with E-state index in [1.54, 1.807) is 6.92 Å². The van der Waals surface area contributed by atoms with Crippen molar-refractivity contribution in [2.24, 2.45) is 0 Å². The number of rotatable bonds is 9. The summed E-state index contributed by atoms with van der Waals surface area (Å²) in [7, 11) is 5.46. The minimum atomic E-state index is -0.894. The number of hydrogen-bond donors (Lipinski definition) is 0. The van der Waals surface area contributed by atoms with Gasteiger partial charge in [0.05, 0.1) is 35.0 Å². The van der Waals surface area contributed by atoms with Crippen molar-refractivity contribution >= 4 is 11.9 Å². The van der Waals surface area contributed by atoms with Gasteiger partial charge < -0.3 is 23.7 Å². The first-order chi connectivity index (χ1) is 13.9. The van der Waals surface area contributed by atoms with Crippen molar-refractivity contribution in [2.75, 3.05) is 35.0 Å². The Hall–Kier alpha value is -3.29. The van der Waals surface area contributed by atoms with Gasteiger partial charge in [0, 0.05) is 5.56 Å². The Balaban J connectivity index is 2.53. The molecule has 29 heavy (non-hydrogen) atoms. The minimum absolute atomic E-state index is 0.102. The molecule has 0 N–H and O–H groups in total. The predicted molar refractivity (Wildman–Crippen MR) is 103 cm³/mol. The highest BCUT2D eigenvalue weighted by Gasteiger charge is 2.21. The van der Waals surface area contributed by atoms with Crippen molar-refractivity contribution in [3.63, 3.8) is 0 Å². The van der Waals surface area contributed by atoms with Crippen LogP contribution in [0.3, 0.4) is 0 Å². The maximum absolute atomic E-state index is 14.0. The van der Waals surface area contributed by atoms with Crippen molar-refractivity contribution in [1.29, 1.82) is 0 Å². The second-order valence-electron chi connectivity index (χ2n) is 5.70. The van der Waals surface area contributed by atoms with Gasteiger partial charge in [-0.1, -0.05) is 0 Å². The molecule has 0 bridgehead atoms. The highest BCUT2D eigenvalue weighted by atomic mass is 19.1. The summed E-state index contributed by atoms with van der Waals surface area (Å²) in [5.41, 5.74) is 0.290. The normalized spacial score (nSPS) is 11.1. The third-order valence-electron chi connectivity index (χ3n) is 3.97. The van der Waals surface area contributed by atoms with Crippen molar-refractivity contribution in [3.05, 3.63) is 52.8 Å². The van der Waals surface area contributed by atoms with Gasteiger partial charge in [-0.2, -0.15) is 0 Å². The summed E-state index contributed by atoms with van der Waals surface area (Å²) in [5.74, 6) is -2.03. The van der Waals surface area contributed by atoms with Crippen molar-refractivity contribution < 1.29 is 37.3 Å². The maximum atomic E-state index is 14.0. The maximum Gasteiger partial charge on any atom is 0.227 e. The fraction of sp³-hybridized carbons (Fsp3) is 0.286. The molecule has 0 radical (unpaired) electrons. The van der Waals surface area contributed by atoms with E-state index in [-0.39, 0.29) is 35.0 Å². The van der Waals surface area contributed by atoms with Crippen LogP contribution >= 0.6 is 0 Å². The second-order valence-corrected chi connectivity index (χ2v) is 5.70. The molecule has 0 heterocycles. The summed E-state index contributed by atoms with van der Waals surface area (Å²) in [6, 6.07) is 5.02. The summed E-state index contributed by atoms with van der Waals surface area (Å²) in [6.07, 6.45) is 1.25. The number of carbonyl (C=O) groups is 1. The van der Waals surface area contributed by atoms with Crippen LogP contribution in [0, 0.1) is 11.6 Å². The number of ether oxygens (including phenoxy) is 5. The van der Waals surface area contributed by atoms with Crippen LogP contribution in [-0.2, 0) is 4.74 Å². The molecule has 8 heteroatoms. The monoisotopic (exact) mass is 408 g/mol. The quantitative estimate of drug-likeness (QED) is 0.351. The van der Waals surface area contributed by atoms with Crippen LogP contribution < -0.4 is 18.9 Å². The first kappa shape index (κ1) is 22.0. The third-order valence-corrected chi connectivity index (χ3v) is 3.97. The molecule has 2 rings (SSSR count). The zero-order valence-electron chi connectivity index (χ0n) is 16.8. The van der Waals surface area contributed by atoms with E-state index >= 15 is 0 Å². The second kappa shape index (κ2) is 9.77. The van der Waals surface area contributed by atoms with E-state index in [2.05, 4.69) is 4.74 Å². The molecule has 0 saturated carbocycles. The molecule has 2 aromatic rings. The number of carbonyl (C=O) groups excluding carboxylic acids is 1. The number of methoxy groups -OCH3 is 4. The van der Waals surface area contributed by atoms with Gasteiger partial charge in [-0.05, 0) is 42.8 Å². The molecular weight excluding hydrogens is 386 g/mol. The number of allylic oxidation sites excluding steroid dienone is 1. The van der Waals surface area contributed by atoms with Crippen molar-refractivity contribution in [2.45, 2.75) is 6.92 Å². The molecule has 0 amide bonds. The molecule has 0 fully saturated rings. The topological polar surface area (TPSA) is 63.2 Å². The van der Waals surface area contributed by atoms with Gasteiger partial charge in [0.25, 0.3) is 0 Å². The minimum Gasteiger partial charge on any atom is -0.493 e. The Bertz CT molecular complexity index is 875. The Morgan fingerprint density at radius 2 is 1.38 bits per heavy atom. The van der Waals surface area contributed by atoms with E-state index < -0.39 is 23.2 Å². The molecule has 0 spiro atoms. The number of halogens is 2. The molecule has 6 nitrogen and oxygen atoms in total. The Morgan fingerprint density at radius 3 is 1.79 bits per heavy atom. The molecule has 0 saturated heterocycles. The standard InChI is InChI=1S/C21H22F2O6/c1-6-29-16(9-12-7-14(22)20(27-4)15(23)8-12)19(24)13-10-17(25-2)21(28-5)18(11-13)26-3/h7-11H,6H2,1-5H3/b16-9-. The van der Waals surface area contributed by atoms with Crippen LogP contribution in [0.15, 0.2) is 30.0 Å². The number of ketones is 1. The zero-order chi connectivity index (χ0) is 21.6. The molecule has 156 valence electrons. The lowest BCUT2D eigenvalue weighted by molar-refractivity contribution is 0.0930. The summed E-state index contributed by atoms with van der Waals surface area (Å²) >= 11 is 0. The van der Waals surface area contributed by atoms with Gasteiger partial charge in [0.15, 0.2) is 34.6 Å². The molecule has 0 aliphatic carbocycles. The summed E-state index contributed by atoms with van der Waals surface area (Å²) in [5, 5.41) is 0. The van der Waals surface area contributed by atoms with E-state index in [4.69, 9.17) is 18.9 Å². The van der Waals surface area contributed by atoms with Gasteiger partial charge in [0.1, 0.15) is 0 Å². The predicted octanol–water partition coefficient (Wildman–Crippen LogP) is 4.26. The lowest BCUT2D eigenvalue weighted by Crippen LogP contribution is -2.09. The number of hydrogen-bond acceptors (Lipinski definition) is 6. The summed E-state index contributed by atoms with van der Waals surface area (Å²) in [6.45, 7) is 1.86. The zero-order valence-corrected chi connectivity index (χ0v) is 16.8. The lowest BCUT2D eigenvalue weighted by atomic mass is 10.1. The van der Waals surface area contributed by atoms with Crippen LogP contribution in [-0.4, -0.2) is 40.8 Å². The van der Waals surface area contributed by atoms with Gasteiger partial charge in [-0.15, -0.1) is 0 Å². The third kappa shape index (κ3) is 4.77. The molecule has 2 aromatic carbocycles. The fourth-order valence-corrected chi connectivity index (χ4v) is 2.69. The van der Waals surface area contributed by atoms with Gasteiger partial charge in [-0.25, -0.2) is 8.78 Å². The fourth-order valence-electron chi connectivity index (χ4n) is 2.69. The van der Waals surface area contributed by atoms with E-state index in [9.17, 15) is 13.6 Å². The van der Waals surface area contributed by atoms with Crippen molar-refractivity contribution in [1.82, 2.24) is 0 Å². The van der Waals surface area contributed by atoms with Crippen LogP contribution in [0.1, 0.15) is 22.8 Å². The molecule has 0 aliphatic rings. The average Bonchev–Trinajstić information content (AvgIpc) is 2.71. The Kier molecular flexibility index (Phi) is 7.41. The SMILES string of the molecule is CCO/C(=C\c1cc(F)c(OC)c(F)c1)C(=O)c1cc(OC)c(OC)c(OC)c1. The summed E-state index contributed by atoms with van der Waals surface area (Å²) < 4.78 is 53.8. The molecule has 0 unspecified atom stereocenters. The van der Waals surface area contributed by atoms with Crippen LogP contribution in [0.4, 0.5) is 8.78 Å². The first-order valence-corrected chi connectivity index (χ1v) is 8.62.